The highest BCUT2D eigenvalue weighted by Crippen LogP contribution is 2.43. The summed E-state index contributed by atoms with van der Waals surface area (Å²) in [6, 6.07) is 13.5. The lowest BCUT2D eigenvalue weighted by Gasteiger charge is -2.37. The second-order valence-electron chi connectivity index (χ2n) is 8.12. The maximum absolute atomic E-state index is 13.3. The molecule has 0 radical (unpaired) electrons. The van der Waals surface area contributed by atoms with Crippen molar-refractivity contribution in [2.75, 3.05) is 5.32 Å². The molecule has 0 bridgehead atoms. The van der Waals surface area contributed by atoms with E-state index in [1.165, 1.54) is 0 Å². The van der Waals surface area contributed by atoms with E-state index in [1.807, 2.05) is 50.2 Å². The zero-order valence-corrected chi connectivity index (χ0v) is 17.0. The Morgan fingerprint density at radius 3 is 2.48 bits per heavy atom. The summed E-state index contributed by atoms with van der Waals surface area (Å²) < 4.78 is 0. The number of aromatic nitrogens is 1. The predicted octanol–water partition coefficient (Wildman–Crippen LogP) is 4.46. The van der Waals surface area contributed by atoms with E-state index in [2.05, 4.69) is 17.2 Å². The molecule has 0 unspecified atom stereocenters. The molecule has 0 spiro atoms. The van der Waals surface area contributed by atoms with Crippen molar-refractivity contribution >= 4 is 23.2 Å². The molecule has 1 aromatic carbocycles. The number of ketones is 1. The third kappa shape index (κ3) is 3.77. The van der Waals surface area contributed by atoms with Gasteiger partial charge in [0.05, 0.1) is 5.92 Å². The van der Waals surface area contributed by atoms with Crippen LogP contribution in [0.3, 0.4) is 0 Å². The first-order valence-electron chi connectivity index (χ1n) is 10.0. The number of allylic oxidation sites excluding steroid dienone is 1. The number of aliphatic imine (C=N–C) groups is 1. The molecule has 1 fully saturated rings. The van der Waals surface area contributed by atoms with Crippen LogP contribution >= 0.6 is 0 Å². The number of Topliss-reactive ketones (excluding diaryl/α,β-unsaturated/α-hetero) is 1. The second-order valence-corrected chi connectivity index (χ2v) is 8.12. The Hall–Kier alpha value is -3.08. The predicted molar refractivity (Wildman–Crippen MR) is 114 cm³/mol. The quantitative estimate of drug-likeness (QED) is 0.845. The van der Waals surface area contributed by atoms with E-state index in [1.54, 1.807) is 12.3 Å². The molecular weight excluding hydrogens is 362 g/mol. The van der Waals surface area contributed by atoms with Crippen LogP contribution in [0.1, 0.15) is 43.7 Å². The van der Waals surface area contributed by atoms with E-state index in [0.29, 0.717) is 23.5 Å². The Labute approximate surface area is 171 Å². The van der Waals surface area contributed by atoms with Gasteiger partial charge in [-0.15, -0.1) is 0 Å². The van der Waals surface area contributed by atoms with Gasteiger partial charge in [-0.2, -0.15) is 0 Å². The number of nitrogens with one attached hydrogen (secondary N) is 1. The van der Waals surface area contributed by atoms with Crippen molar-refractivity contribution in [2.45, 2.75) is 39.5 Å². The molecular formula is C24H25N3O2. The first-order valence-corrected chi connectivity index (χ1v) is 10.0. The molecule has 1 aliphatic heterocycles. The van der Waals surface area contributed by atoms with Crippen LogP contribution in [-0.4, -0.2) is 22.4 Å². The summed E-state index contributed by atoms with van der Waals surface area (Å²) in [7, 11) is 0. The Morgan fingerprint density at radius 1 is 1.03 bits per heavy atom. The van der Waals surface area contributed by atoms with Crippen LogP contribution in [0.15, 0.2) is 64.9 Å². The number of amides is 1. The standard InChI is InChI=1S/C24H25N3O2/c1-14-9-10-20(25-13-14)27-24(29)21-16(3)26-18-11-15(2)12-19(28)23(18)22(21)17-7-5-4-6-8-17/h4-10,13,15,22-23H,11-12H2,1-3H3,(H,25,27,29)/t15-,22-,23-/m1/s1. The summed E-state index contributed by atoms with van der Waals surface area (Å²) in [4.78, 5) is 35.4. The molecule has 0 saturated heterocycles. The van der Waals surface area contributed by atoms with Gasteiger partial charge in [0.15, 0.2) is 0 Å². The lowest BCUT2D eigenvalue weighted by atomic mass is 9.67. The number of nitrogens with zero attached hydrogens (tertiary/aromatic N) is 2. The Kier molecular flexibility index (Phi) is 5.14. The lowest BCUT2D eigenvalue weighted by molar-refractivity contribution is -0.123. The molecule has 2 aromatic rings. The Balaban J connectivity index is 1.77. The molecule has 1 aliphatic carbocycles. The van der Waals surface area contributed by atoms with Gasteiger partial charge in [0.2, 0.25) is 0 Å². The Bertz CT molecular complexity index is 1010. The molecule has 4 rings (SSSR count). The van der Waals surface area contributed by atoms with Gasteiger partial charge in [-0.1, -0.05) is 43.3 Å². The summed E-state index contributed by atoms with van der Waals surface area (Å²) in [5.74, 6) is 0.00246. The van der Waals surface area contributed by atoms with Gasteiger partial charge in [-0.25, -0.2) is 4.98 Å². The molecule has 3 atom stereocenters. The summed E-state index contributed by atoms with van der Waals surface area (Å²) in [5.41, 5.74) is 4.13. The minimum absolute atomic E-state index is 0.169. The molecule has 29 heavy (non-hydrogen) atoms. The highest BCUT2D eigenvalue weighted by molar-refractivity contribution is 6.14. The number of hydrogen-bond acceptors (Lipinski definition) is 4. The monoisotopic (exact) mass is 387 g/mol. The molecule has 2 aliphatic rings. The van der Waals surface area contributed by atoms with E-state index in [0.717, 1.165) is 23.3 Å². The maximum atomic E-state index is 13.3. The van der Waals surface area contributed by atoms with Gasteiger partial charge < -0.3 is 5.32 Å². The van der Waals surface area contributed by atoms with Crippen LogP contribution in [0.4, 0.5) is 5.82 Å². The van der Waals surface area contributed by atoms with Crippen molar-refractivity contribution in [2.24, 2.45) is 16.8 Å². The Morgan fingerprint density at radius 2 is 1.79 bits per heavy atom. The van der Waals surface area contributed by atoms with Crippen molar-refractivity contribution in [1.29, 1.82) is 0 Å². The minimum Gasteiger partial charge on any atom is -0.307 e. The second kappa shape index (κ2) is 7.74. The zero-order chi connectivity index (χ0) is 20.5. The van der Waals surface area contributed by atoms with Gasteiger partial charge in [-0.3, -0.25) is 14.6 Å². The number of rotatable bonds is 3. The van der Waals surface area contributed by atoms with Gasteiger partial charge in [0.25, 0.3) is 5.91 Å². The number of anilines is 1. The summed E-state index contributed by atoms with van der Waals surface area (Å²) in [6.45, 7) is 5.89. The normalized spacial score (nSPS) is 24.0. The van der Waals surface area contributed by atoms with E-state index in [-0.39, 0.29) is 29.4 Å². The van der Waals surface area contributed by atoms with Gasteiger partial charge in [0.1, 0.15) is 11.6 Å². The zero-order valence-electron chi connectivity index (χ0n) is 17.0. The van der Waals surface area contributed by atoms with Crippen molar-refractivity contribution in [3.63, 3.8) is 0 Å². The number of hydrogen-bond donors (Lipinski definition) is 1. The summed E-state index contributed by atoms with van der Waals surface area (Å²) >= 11 is 0. The van der Waals surface area contributed by atoms with Gasteiger partial charge in [-0.05, 0) is 43.4 Å². The fourth-order valence-corrected chi connectivity index (χ4v) is 4.42. The van der Waals surface area contributed by atoms with Crippen LogP contribution in [0.25, 0.3) is 0 Å². The largest absolute Gasteiger partial charge is 0.307 e. The molecule has 2 heterocycles. The number of benzene rings is 1. The molecule has 148 valence electrons. The fraction of sp³-hybridized carbons (Fsp3) is 0.333. The summed E-state index contributed by atoms with van der Waals surface area (Å²) in [5, 5.41) is 2.90. The molecule has 1 N–H and O–H groups in total. The smallest absolute Gasteiger partial charge is 0.255 e. The summed E-state index contributed by atoms with van der Waals surface area (Å²) in [6.07, 6.45) is 3.04. The van der Waals surface area contributed by atoms with Crippen molar-refractivity contribution in [1.82, 2.24) is 4.98 Å². The molecule has 5 heteroatoms. The van der Waals surface area contributed by atoms with E-state index in [9.17, 15) is 9.59 Å². The first-order chi connectivity index (χ1) is 13.9. The highest BCUT2D eigenvalue weighted by Gasteiger charge is 2.44. The molecule has 1 amide bonds. The topological polar surface area (TPSA) is 71.4 Å². The highest BCUT2D eigenvalue weighted by atomic mass is 16.2. The fourth-order valence-electron chi connectivity index (χ4n) is 4.42. The van der Waals surface area contributed by atoms with Gasteiger partial charge in [0, 0.05) is 35.5 Å². The molecule has 5 nitrogen and oxygen atoms in total. The van der Waals surface area contributed by atoms with Crippen molar-refractivity contribution in [3.8, 4) is 0 Å². The number of carbonyl (C=O) groups excluding carboxylic acids is 2. The van der Waals surface area contributed by atoms with Crippen LogP contribution in [0.2, 0.25) is 0 Å². The van der Waals surface area contributed by atoms with Crippen LogP contribution < -0.4 is 5.32 Å². The van der Waals surface area contributed by atoms with Crippen molar-refractivity contribution in [3.05, 3.63) is 71.1 Å². The van der Waals surface area contributed by atoms with Crippen molar-refractivity contribution < 1.29 is 9.59 Å². The van der Waals surface area contributed by atoms with E-state index < -0.39 is 0 Å². The number of carbonyl (C=O) groups is 2. The van der Waals surface area contributed by atoms with Crippen LogP contribution in [0, 0.1) is 18.8 Å². The van der Waals surface area contributed by atoms with E-state index in [4.69, 9.17) is 4.99 Å². The van der Waals surface area contributed by atoms with E-state index >= 15 is 0 Å². The average Bonchev–Trinajstić information content (AvgIpc) is 2.69. The first kappa shape index (κ1) is 19.2. The third-order valence-corrected chi connectivity index (χ3v) is 5.71. The molecule has 1 aromatic heterocycles. The molecule has 1 saturated carbocycles. The lowest BCUT2D eigenvalue weighted by Crippen LogP contribution is -2.41. The van der Waals surface area contributed by atoms with Crippen LogP contribution in [-0.2, 0) is 9.59 Å². The number of fused-ring (bicyclic) bond motifs is 1. The third-order valence-electron chi connectivity index (χ3n) is 5.71. The average molecular weight is 387 g/mol. The SMILES string of the molecule is CC1=C(C(=O)Nc2ccc(C)cn2)[C@@H](c2ccccc2)[C@H]2C(=O)C[C@H](C)CC2=N1. The number of aryl methyl sites for hydroxylation is 1. The maximum Gasteiger partial charge on any atom is 0.255 e. The van der Waals surface area contributed by atoms with Gasteiger partial charge >= 0.3 is 0 Å². The minimum atomic E-state index is -0.371. The number of pyridine rings is 1. The van der Waals surface area contributed by atoms with Crippen LogP contribution in [0.5, 0.6) is 0 Å².